The van der Waals surface area contributed by atoms with Crippen LogP contribution in [0.1, 0.15) is 74.6 Å². The Kier molecular flexibility index (Phi) is 18.6. The number of aryl methyl sites for hydroxylation is 2. The highest BCUT2D eigenvalue weighted by Crippen LogP contribution is 2.42. The zero-order chi connectivity index (χ0) is 53.0. The second kappa shape index (κ2) is 25.9. The van der Waals surface area contributed by atoms with Crippen LogP contribution in [0.15, 0.2) is 89.9 Å². The zero-order valence-electron chi connectivity index (χ0n) is 44.4. The van der Waals surface area contributed by atoms with Gasteiger partial charge >= 0.3 is 0 Å². The van der Waals surface area contributed by atoms with Gasteiger partial charge in [-0.15, -0.1) is 0 Å². The number of aromatic nitrogens is 1. The molecular formula is C59H71N5O11S. The van der Waals surface area contributed by atoms with E-state index in [1.54, 1.807) is 26.4 Å². The molecule has 0 radical (unpaired) electrons. The summed E-state index contributed by atoms with van der Waals surface area (Å²) in [5, 5.41) is 0. The fourth-order valence-corrected chi connectivity index (χ4v) is 10.2. The number of ether oxygens (including phenoxy) is 9. The third-order valence-electron chi connectivity index (χ3n) is 13.8. The SMILES string of the molecule is COCCOCCOCCN(CCOCCOCCOCC(C)(C)S)c1cc(COc2cc3c(cc2C)C(=O)N2c4ccccc4C[C@H]2CC3)nc(COc2cc3c(cc2OC)C(=O)N2c4ccccc4C[C@H]2C=N3)c1. The number of aliphatic imine (C=N–C) groups is 1. The van der Waals surface area contributed by atoms with E-state index < -0.39 is 0 Å². The van der Waals surface area contributed by atoms with Crippen LogP contribution >= 0.6 is 12.6 Å². The maximum atomic E-state index is 14.2. The Morgan fingerprint density at radius 2 is 1.24 bits per heavy atom. The molecule has 4 aliphatic rings. The van der Waals surface area contributed by atoms with Gasteiger partial charge in [0.1, 0.15) is 19.0 Å². The predicted molar refractivity (Wildman–Crippen MR) is 296 cm³/mol. The van der Waals surface area contributed by atoms with Crippen LogP contribution in [0.4, 0.5) is 22.7 Å². The molecule has 0 saturated carbocycles. The van der Waals surface area contributed by atoms with Gasteiger partial charge in [0, 0.05) is 72.3 Å². The fourth-order valence-electron chi connectivity index (χ4n) is 10.1. The van der Waals surface area contributed by atoms with Crippen molar-refractivity contribution in [2.45, 2.75) is 76.5 Å². The standard InChI is InChI=1S/C59H71N5O11S/c1-40-28-49-41(14-15-46-29-42-10-6-8-12-52(42)63(46)57(49)65)31-54(40)74-37-44-32-47(62(16-18-69-22-24-71-21-20-67-4)17-19-70-23-25-72-26-27-73-39-59(2,3)76)33-45(61-44)38-75-56-35-51-50(34-55(56)68-5)58(66)64-48(36-60-51)30-43-11-7-9-13-53(43)64/h6-13,28,31-36,46,48,76H,14-27,29-30,37-39H2,1-5H3/t46-,48+/m1/s1. The van der Waals surface area contributed by atoms with Crippen LogP contribution in [0.3, 0.4) is 0 Å². The summed E-state index contributed by atoms with van der Waals surface area (Å²) in [5.74, 6) is 1.40. The first kappa shape index (κ1) is 54.7. The third-order valence-corrected chi connectivity index (χ3v) is 14.0. The highest BCUT2D eigenvalue weighted by Gasteiger charge is 2.38. The minimum atomic E-state index is -0.205. The van der Waals surface area contributed by atoms with Gasteiger partial charge in [-0.1, -0.05) is 36.4 Å². The van der Waals surface area contributed by atoms with Crippen LogP contribution in [0.25, 0.3) is 0 Å². The molecule has 17 heteroatoms. The molecule has 76 heavy (non-hydrogen) atoms. The number of thiol groups is 1. The van der Waals surface area contributed by atoms with Crippen molar-refractivity contribution in [2.75, 3.05) is 115 Å². The lowest BCUT2D eigenvalue weighted by Gasteiger charge is -2.26. The summed E-state index contributed by atoms with van der Waals surface area (Å²) >= 11 is 4.52. The van der Waals surface area contributed by atoms with Crippen molar-refractivity contribution in [3.63, 3.8) is 0 Å². The number of para-hydroxylation sites is 2. The normalized spacial score (nSPS) is 16.3. The molecule has 0 bridgehead atoms. The minimum Gasteiger partial charge on any atom is -0.493 e. The van der Waals surface area contributed by atoms with Gasteiger partial charge < -0.3 is 52.4 Å². The van der Waals surface area contributed by atoms with Gasteiger partial charge in [0.05, 0.1) is 108 Å². The number of fused-ring (bicyclic) bond motifs is 8. The topological polar surface area (TPSA) is 152 Å². The van der Waals surface area contributed by atoms with Crippen molar-refractivity contribution in [1.82, 2.24) is 4.98 Å². The molecule has 5 aromatic rings. The van der Waals surface area contributed by atoms with Crippen LogP contribution in [0, 0.1) is 6.92 Å². The van der Waals surface area contributed by atoms with Crippen molar-refractivity contribution in [3.8, 4) is 17.2 Å². The summed E-state index contributed by atoms with van der Waals surface area (Å²) in [7, 11) is 3.21. The van der Waals surface area contributed by atoms with E-state index in [1.807, 2.05) is 91.4 Å². The molecule has 0 aliphatic carbocycles. The third kappa shape index (κ3) is 13.5. The summed E-state index contributed by atoms with van der Waals surface area (Å²) in [6.45, 7) is 12.3. The van der Waals surface area contributed by atoms with Gasteiger partial charge in [-0.2, -0.15) is 12.6 Å². The van der Waals surface area contributed by atoms with Gasteiger partial charge in [-0.25, -0.2) is 0 Å². The van der Waals surface area contributed by atoms with E-state index in [0.717, 1.165) is 53.0 Å². The number of nitrogens with zero attached hydrogens (tertiary/aromatic N) is 5. The number of benzene rings is 4. The van der Waals surface area contributed by atoms with Gasteiger partial charge in [0.15, 0.2) is 11.5 Å². The fraction of sp³-hybridized carbons (Fsp3) is 0.458. The van der Waals surface area contributed by atoms with Crippen molar-refractivity contribution < 1.29 is 52.2 Å². The second-order valence-electron chi connectivity index (χ2n) is 20.0. The Labute approximate surface area is 451 Å². The van der Waals surface area contributed by atoms with Crippen LogP contribution < -0.4 is 28.9 Å². The molecule has 2 amide bonds. The van der Waals surface area contributed by atoms with E-state index >= 15 is 0 Å². The maximum Gasteiger partial charge on any atom is 0.261 e. The number of methoxy groups -OCH3 is 2. The molecule has 1 aromatic heterocycles. The van der Waals surface area contributed by atoms with Crippen molar-refractivity contribution in [3.05, 3.63) is 130 Å². The Morgan fingerprint density at radius 3 is 1.89 bits per heavy atom. The Balaban J connectivity index is 0.944. The summed E-state index contributed by atoms with van der Waals surface area (Å²) < 4.78 is 53.3. The molecule has 404 valence electrons. The average molecular weight is 1060 g/mol. The van der Waals surface area contributed by atoms with Crippen LogP contribution in [0.2, 0.25) is 0 Å². The van der Waals surface area contributed by atoms with Crippen LogP contribution in [0.5, 0.6) is 17.2 Å². The van der Waals surface area contributed by atoms with E-state index in [0.29, 0.717) is 138 Å². The summed E-state index contributed by atoms with van der Waals surface area (Å²) in [6, 6.07) is 27.6. The first-order valence-corrected chi connectivity index (χ1v) is 26.8. The van der Waals surface area contributed by atoms with Crippen LogP contribution in [-0.4, -0.2) is 140 Å². The number of carbonyl (C=O) groups excluding carboxylic acids is 2. The molecule has 0 saturated heterocycles. The van der Waals surface area contributed by atoms with E-state index in [-0.39, 0.29) is 41.9 Å². The Hall–Kier alpha value is -6.05. The number of amides is 2. The molecule has 4 aromatic carbocycles. The average Bonchev–Trinajstić information content (AvgIpc) is 3.98. The van der Waals surface area contributed by atoms with Crippen molar-refractivity contribution in [2.24, 2.45) is 4.99 Å². The van der Waals surface area contributed by atoms with Gasteiger partial charge in [0.25, 0.3) is 11.8 Å². The second-order valence-corrected chi connectivity index (χ2v) is 21.2. The van der Waals surface area contributed by atoms with Gasteiger partial charge in [-0.05, 0) is 105 Å². The highest BCUT2D eigenvalue weighted by atomic mass is 32.1. The molecular weight excluding hydrogens is 987 g/mol. The summed E-state index contributed by atoms with van der Waals surface area (Å²) in [6.07, 6.45) is 5.00. The largest absolute Gasteiger partial charge is 0.493 e. The lowest BCUT2D eigenvalue weighted by Crippen LogP contribution is -2.37. The summed E-state index contributed by atoms with van der Waals surface area (Å²) in [5.41, 5.74) is 9.86. The van der Waals surface area contributed by atoms with E-state index in [2.05, 4.69) is 35.7 Å². The minimum absolute atomic E-state index is 0.0321. The molecule has 0 spiro atoms. The number of rotatable bonds is 28. The first-order chi connectivity index (χ1) is 37.0. The van der Waals surface area contributed by atoms with Crippen molar-refractivity contribution in [1.29, 1.82) is 0 Å². The predicted octanol–water partition coefficient (Wildman–Crippen LogP) is 8.61. The monoisotopic (exact) mass is 1060 g/mol. The lowest BCUT2D eigenvalue weighted by molar-refractivity contribution is 0.0125. The molecule has 0 N–H and O–H groups in total. The summed E-state index contributed by atoms with van der Waals surface area (Å²) in [4.78, 5) is 44.3. The van der Waals surface area contributed by atoms with Gasteiger partial charge in [0.2, 0.25) is 0 Å². The maximum absolute atomic E-state index is 14.2. The first-order valence-electron chi connectivity index (χ1n) is 26.3. The highest BCUT2D eigenvalue weighted by molar-refractivity contribution is 7.81. The smallest absolute Gasteiger partial charge is 0.261 e. The molecule has 16 nitrogen and oxygen atoms in total. The van der Waals surface area contributed by atoms with Crippen molar-refractivity contribution >= 4 is 53.4 Å². The zero-order valence-corrected chi connectivity index (χ0v) is 45.3. The Morgan fingerprint density at radius 1 is 0.645 bits per heavy atom. The quantitative estimate of drug-likeness (QED) is 0.0376. The number of carbonyl (C=O) groups is 2. The lowest BCUT2D eigenvalue weighted by atomic mass is 9.98. The number of hydrogen-bond donors (Lipinski definition) is 1. The molecule has 2 atom stereocenters. The molecule has 4 aliphatic heterocycles. The number of anilines is 3. The Bertz CT molecular complexity index is 2840. The number of pyridine rings is 1. The van der Waals surface area contributed by atoms with E-state index in [1.165, 1.54) is 5.56 Å². The van der Waals surface area contributed by atoms with Gasteiger partial charge in [-0.3, -0.25) is 24.5 Å². The van der Waals surface area contributed by atoms with E-state index in [9.17, 15) is 9.59 Å². The number of hydrogen-bond acceptors (Lipinski definition) is 15. The molecule has 0 fully saturated rings. The molecule has 9 rings (SSSR count). The van der Waals surface area contributed by atoms with Crippen LogP contribution in [-0.2, 0) is 60.9 Å². The van der Waals surface area contributed by atoms with E-state index in [4.69, 9.17) is 52.6 Å². The molecule has 5 heterocycles. The molecule has 0 unspecified atom stereocenters.